The van der Waals surface area contributed by atoms with Crippen molar-refractivity contribution >= 4 is 16.0 Å². The lowest BCUT2D eigenvalue weighted by atomic mass is 9.98. The molecule has 1 rings (SSSR count). The number of rotatable bonds is 7. The Morgan fingerprint density at radius 1 is 1.30 bits per heavy atom. The zero-order valence-electron chi connectivity index (χ0n) is 12.0. The lowest BCUT2D eigenvalue weighted by Crippen LogP contribution is -2.45. The minimum atomic E-state index is -3.50. The molecule has 0 radical (unpaired) electrons. The van der Waals surface area contributed by atoms with E-state index < -0.39 is 21.5 Å². The van der Waals surface area contributed by atoms with Gasteiger partial charge in [0.1, 0.15) is 0 Å². The molecule has 0 aliphatic heterocycles. The van der Waals surface area contributed by atoms with Gasteiger partial charge in [-0.05, 0) is 37.5 Å². The largest absolute Gasteiger partial charge is 0.478 e. The van der Waals surface area contributed by atoms with Crippen LogP contribution in [0.25, 0.3) is 0 Å². The molecule has 0 spiro atoms. The number of sulfonamides is 1. The highest BCUT2D eigenvalue weighted by Crippen LogP contribution is 2.17. The van der Waals surface area contributed by atoms with Crippen LogP contribution in [0.4, 0.5) is 0 Å². The molecular weight excluding hydrogens is 278 g/mol. The van der Waals surface area contributed by atoms with Crippen LogP contribution in [-0.2, 0) is 15.8 Å². The van der Waals surface area contributed by atoms with Gasteiger partial charge < -0.3 is 5.11 Å². The first-order valence-electron chi connectivity index (χ1n) is 6.55. The molecule has 0 aromatic heterocycles. The predicted molar refractivity (Wildman–Crippen MR) is 78.1 cm³/mol. The summed E-state index contributed by atoms with van der Waals surface area (Å²) < 4.78 is 27.0. The van der Waals surface area contributed by atoms with E-state index in [9.17, 15) is 13.2 Å². The average molecular weight is 299 g/mol. The quantitative estimate of drug-likeness (QED) is 0.809. The van der Waals surface area contributed by atoms with Crippen LogP contribution in [0.5, 0.6) is 0 Å². The molecule has 0 unspecified atom stereocenters. The fourth-order valence-corrected chi connectivity index (χ4v) is 3.55. The molecule has 20 heavy (non-hydrogen) atoms. The van der Waals surface area contributed by atoms with Crippen LogP contribution < -0.4 is 4.72 Å². The third-order valence-corrected chi connectivity index (χ3v) is 5.01. The summed E-state index contributed by atoms with van der Waals surface area (Å²) in [6.45, 7) is 5.71. The molecule has 0 bridgehead atoms. The van der Waals surface area contributed by atoms with Crippen molar-refractivity contribution < 1.29 is 18.3 Å². The third-order valence-electron chi connectivity index (χ3n) is 3.49. The van der Waals surface area contributed by atoms with Gasteiger partial charge in [-0.1, -0.05) is 26.0 Å². The summed E-state index contributed by atoms with van der Waals surface area (Å²) >= 11 is 0. The topological polar surface area (TPSA) is 83.5 Å². The zero-order valence-corrected chi connectivity index (χ0v) is 12.8. The van der Waals surface area contributed by atoms with Gasteiger partial charge in [-0.2, -0.15) is 0 Å². The molecule has 0 aliphatic carbocycles. The van der Waals surface area contributed by atoms with Crippen molar-refractivity contribution in [1.29, 1.82) is 0 Å². The Morgan fingerprint density at radius 3 is 2.40 bits per heavy atom. The Balaban J connectivity index is 2.91. The summed E-state index contributed by atoms with van der Waals surface area (Å²) in [6.07, 6.45) is 1.38. The first-order valence-corrected chi connectivity index (χ1v) is 8.20. The lowest BCUT2D eigenvalue weighted by molar-refractivity contribution is 0.0696. The van der Waals surface area contributed by atoms with Crippen LogP contribution in [0.2, 0.25) is 0 Å². The molecule has 2 N–H and O–H groups in total. The van der Waals surface area contributed by atoms with Crippen molar-refractivity contribution in [3.8, 4) is 0 Å². The summed E-state index contributed by atoms with van der Waals surface area (Å²) in [7, 11) is -3.50. The van der Waals surface area contributed by atoms with Crippen molar-refractivity contribution in [1.82, 2.24) is 4.72 Å². The van der Waals surface area contributed by atoms with Crippen molar-refractivity contribution in [3.63, 3.8) is 0 Å². The predicted octanol–water partition coefficient (Wildman–Crippen LogP) is 2.38. The Labute approximate surface area is 120 Å². The summed E-state index contributed by atoms with van der Waals surface area (Å²) in [5, 5.41) is 8.91. The molecule has 0 fully saturated rings. The second-order valence-electron chi connectivity index (χ2n) is 5.13. The Kier molecular flexibility index (Phi) is 5.30. The number of carbonyl (C=O) groups is 1. The van der Waals surface area contributed by atoms with Crippen molar-refractivity contribution in [2.75, 3.05) is 0 Å². The van der Waals surface area contributed by atoms with E-state index in [1.54, 1.807) is 12.1 Å². The monoisotopic (exact) mass is 299 g/mol. The SMILES string of the molecule is CCC(C)(CC)NS(=O)(=O)Cc1cccc(C(=O)O)c1. The van der Waals surface area contributed by atoms with Crippen molar-refractivity contribution in [3.05, 3.63) is 35.4 Å². The van der Waals surface area contributed by atoms with Gasteiger partial charge in [-0.15, -0.1) is 0 Å². The highest BCUT2D eigenvalue weighted by molar-refractivity contribution is 7.88. The van der Waals surface area contributed by atoms with Crippen LogP contribution >= 0.6 is 0 Å². The van der Waals surface area contributed by atoms with Crippen molar-refractivity contribution in [2.45, 2.75) is 44.9 Å². The van der Waals surface area contributed by atoms with Crippen LogP contribution in [0.3, 0.4) is 0 Å². The first kappa shape index (κ1) is 16.7. The molecule has 5 nitrogen and oxygen atoms in total. The molecule has 1 aromatic rings. The molecule has 0 heterocycles. The molecule has 112 valence electrons. The number of hydrogen-bond acceptors (Lipinski definition) is 3. The molecule has 0 saturated carbocycles. The van der Waals surface area contributed by atoms with E-state index in [2.05, 4.69) is 4.72 Å². The molecular formula is C14H21NO4S. The average Bonchev–Trinajstić information content (AvgIpc) is 2.37. The van der Waals surface area contributed by atoms with Gasteiger partial charge in [0.2, 0.25) is 10.0 Å². The summed E-state index contributed by atoms with van der Waals surface area (Å²) in [4.78, 5) is 10.9. The summed E-state index contributed by atoms with van der Waals surface area (Å²) in [5.41, 5.74) is 0.0851. The molecule has 1 aromatic carbocycles. The molecule has 6 heteroatoms. The third kappa shape index (κ3) is 4.61. The number of aromatic carboxylic acids is 1. The highest BCUT2D eigenvalue weighted by Gasteiger charge is 2.26. The maximum absolute atomic E-state index is 12.2. The molecule has 0 atom stereocenters. The van der Waals surface area contributed by atoms with E-state index in [-0.39, 0.29) is 11.3 Å². The van der Waals surface area contributed by atoms with Crippen molar-refractivity contribution in [2.24, 2.45) is 0 Å². The van der Waals surface area contributed by atoms with Crippen LogP contribution in [0.15, 0.2) is 24.3 Å². The molecule has 0 saturated heterocycles. The van der Waals surface area contributed by atoms with E-state index >= 15 is 0 Å². The second-order valence-corrected chi connectivity index (χ2v) is 6.86. The van der Waals surface area contributed by atoms with Crippen LogP contribution in [0, 0.1) is 0 Å². The van der Waals surface area contributed by atoms with Gasteiger partial charge in [0, 0.05) is 5.54 Å². The second kappa shape index (κ2) is 6.37. The first-order chi connectivity index (χ1) is 9.21. The van der Waals surface area contributed by atoms with E-state index in [4.69, 9.17) is 5.11 Å². The van der Waals surface area contributed by atoms with E-state index in [1.807, 2.05) is 20.8 Å². The molecule has 0 aliphatic rings. The van der Waals surface area contributed by atoms with Gasteiger partial charge in [0.25, 0.3) is 0 Å². The summed E-state index contributed by atoms with van der Waals surface area (Å²) in [6, 6.07) is 5.99. The number of nitrogens with one attached hydrogen (secondary N) is 1. The van der Waals surface area contributed by atoms with Gasteiger partial charge in [-0.3, -0.25) is 0 Å². The Bertz CT molecular complexity index is 577. The van der Waals surface area contributed by atoms with Gasteiger partial charge in [-0.25, -0.2) is 17.9 Å². The van der Waals surface area contributed by atoms with Gasteiger partial charge in [0.15, 0.2) is 0 Å². The zero-order chi connectivity index (χ0) is 15.4. The normalized spacial score (nSPS) is 12.3. The highest BCUT2D eigenvalue weighted by atomic mass is 32.2. The van der Waals surface area contributed by atoms with Crippen LogP contribution in [-0.4, -0.2) is 25.0 Å². The number of carboxylic acid groups (broad SMARTS) is 1. The minimum absolute atomic E-state index is 0.0893. The number of carboxylic acids is 1. The lowest BCUT2D eigenvalue weighted by Gasteiger charge is -2.27. The maximum atomic E-state index is 12.2. The maximum Gasteiger partial charge on any atom is 0.335 e. The number of hydrogen-bond donors (Lipinski definition) is 2. The fraction of sp³-hybridized carbons (Fsp3) is 0.500. The van der Waals surface area contributed by atoms with E-state index in [0.29, 0.717) is 18.4 Å². The van der Waals surface area contributed by atoms with Gasteiger partial charge >= 0.3 is 5.97 Å². The van der Waals surface area contributed by atoms with E-state index in [0.717, 1.165) is 0 Å². The fourth-order valence-electron chi connectivity index (χ4n) is 1.82. The van der Waals surface area contributed by atoms with Crippen LogP contribution in [0.1, 0.15) is 49.5 Å². The Morgan fingerprint density at radius 2 is 1.90 bits per heavy atom. The number of benzene rings is 1. The Hall–Kier alpha value is -1.40. The minimum Gasteiger partial charge on any atom is -0.478 e. The van der Waals surface area contributed by atoms with E-state index in [1.165, 1.54) is 12.1 Å². The smallest absolute Gasteiger partial charge is 0.335 e. The molecule has 0 amide bonds. The summed E-state index contributed by atoms with van der Waals surface area (Å²) in [5.74, 6) is -1.28. The van der Waals surface area contributed by atoms with Gasteiger partial charge in [0.05, 0.1) is 11.3 Å². The standard InChI is InChI=1S/C14H21NO4S/c1-4-14(3,5-2)15-20(18,19)10-11-7-6-8-12(9-11)13(16)17/h6-9,15H,4-5,10H2,1-3H3,(H,16,17).